The summed E-state index contributed by atoms with van der Waals surface area (Å²) in [7, 11) is 1.84. The molecule has 0 radical (unpaired) electrons. The van der Waals surface area contributed by atoms with Crippen molar-refractivity contribution in [2.45, 2.75) is 19.8 Å². The van der Waals surface area contributed by atoms with E-state index in [1.807, 2.05) is 26.2 Å². The van der Waals surface area contributed by atoms with Gasteiger partial charge in [0.1, 0.15) is 12.1 Å². The van der Waals surface area contributed by atoms with Gasteiger partial charge in [0.15, 0.2) is 0 Å². The summed E-state index contributed by atoms with van der Waals surface area (Å²) in [4.78, 5) is 10.3. The van der Waals surface area contributed by atoms with Gasteiger partial charge in [-0.25, -0.2) is 4.39 Å². The summed E-state index contributed by atoms with van der Waals surface area (Å²) in [5.41, 5.74) is 2.57. The second-order valence-electron chi connectivity index (χ2n) is 4.10. The van der Waals surface area contributed by atoms with Crippen LogP contribution in [0.1, 0.15) is 17.5 Å². The number of aromatic nitrogens is 1. The van der Waals surface area contributed by atoms with E-state index in [9.17, 15) is 9.18 Å². The molecule has 84 valence electrons. The van der Waals surface area contributed by atoms with Crippen LogP contribution in [-0.4, -0.2) is 10.9 Å². The average molecular weight is 219 g/mol. The van der Waals surface area contributed by atoms with Crippen molar-refractivity contribution in [2.24, 2.45) is 7.05 Å². The van der Waals surface area contributed by atoms with Crippen LogP contribution >= 0.6 is 0 Å². The topological polar surface area (TPSA) is 22.0 Å². The summed E-state index contributed by atoms with van der Waals surface area (Å²) in [5, 5.41) is 0.934. The van der Waals surface area contributed by atoms with Gasteiger partial charge < -0.3 is 9.36 Å². The zero-order chi connectivity index (χ0) is 11.7. The van der Waals surface area contributed by atoms with E-state index in [2.05, 4.69) is 0 Å². The molecule has 0 N–H and O–H groups in total. The van der Waals surface area contributed by atoms with Crippen molar-refractivity contribution in [3.8, 4) is 0 Å². The van der Waals surface area contributed by atoms with E-state index in [1.54, 1.807) is 4.57 Å². The molecule has 0 fully saturated rings. The summed E-state index contributed by atoms with van der Waals surface area (Å²) in [5.74, 6) is -0.214. The van der Waals surface area contributed by atoms with Crippen molar-refractivity contribution < 1.29 is 9.18 Å². The Morgan fingerprint density at radius 3 is 2.88 bits per heavy atom. The third kappa shape index (κ3) is 1.73. The van der Waals surface area contributed by atoms with Gasteiger partial charge in [-0.05, 0) is 36.6 Å². The second-order valence-corrected chi connectivity index (χ2v) is 4.10. The minimum atomic E-state index is -0.214. The highest BCUT2D eigenvalue weighted by molar-refractivity contribution is 5.85. The smallest absolute Gasteiger partial charge is 0.147 e. The van der Waals surface area contributed by atoms with Crippen LogP contribution in [0.3, 0.4) is 0 Å². The van der Waals surface area contributed by atoms with E-state index in [4.69, 9.17) is 0 Å². The van der Waals surface area contributed by atoms with Crippen LogP contribution in [-0.2, 0) is 18.3 Å². The number of hydrogen-bond donors (Lipinski definition) is 0. The van der Waals surface area contributed by atoms with Gasteiger partial charge in [-0.1, -0.05) is 0 Å². The van der Waals surface area contributed by atoms with Crippen molar-refractivity contribution in [1.29, 1.82) is 0 Å². The maximum Gasteiger partial charge on any atom is 0.147 e. The molecule has 0 aliphatic heterocycles. The van der Waals surface area contributed by atoms with Crippen molar-refractivity contribution in [1.82, 2.24) is 4.57 Å². The van der Waals surface area contributed by atoms with Gasteiger partial charge in [0.05, 0.1) is 5.52 Å². The van der Waals surface area contributed by atoms with Crippen LogP contribution in [0.5, 0.6) is 0 Å². The maximum atomic E-state index is 13.8. The zero-order valence-corrected chi connectivity index (χ0v) is 9.46. The van der Waals surface area contributed by atoms with Crippen LogP contribution in [0.4, 0.5) is 4.39 Å². The molecule has 0 aliphatic carbocycles. The Balaban J connectivity index is 2.57. The number of fused-ring (bicyclic) bond motifs is 1. The monoisotopic (exact) mass is 219 g/mol. The fourth-order valence-corrected chi connectivity index (χ4v) is 2.11. The Bertz CT molecular complexity index is 542. The van der Waals surface area contributed by atoms with Gasteiger partial charge in [0, 0.05) is 25.1 Å². The SMILES string of the molecule is Cc1cn(C)c2c(F)cc(CCC=O)cc12. The van der Waals surface area contributed by atoms with Gasteiger partial charge in [0.25, 0.3) is 0 Å². The van der Waals surface area contributed by atoms with Crippen LogP contribution < -0.4 is 0 Å². The molecule has 0 unspecified atom stereocenters. The quantitative estimate of drug-likeness (QED) is 0.727. The lowest BCUT2D eigenvalue weighted by Gasteiger charge is -2.02. The van der Waals surface area contributed by atoms with Crippen molar-refractivity contribution >= 4 is 17.2 Å². The van der Waals surface area contributed by atoms with E-state index in [1.165, 1.54) is 6.07 Å². The van der Waals surface area contributed by atoms with Crippen molar-refractivity contribution in [3.63, 3.8) is 0 Å². The first kappa shape index (κ1) is 10.9. The molecule has 0 atom stereocenters. The van der Waals surface area contributed by atoms with Gasteiger partial charge in [-0.15, -0.1) is 0 Å². The molecule has 2 aromatic rings. The summed E-state index contributed by atoms with van der Waals surface area (Å²) in [6, 6.07) is 3.49. The number of aldehydes is 1. The Morgan fingerprint density at radius 1 is 1.44 bits per heavy atom. The maximum absolute atomic E-state index is 13.8. The van der Waals surface area contributed by atoms with E-state index in [0.29, 0.717) is 18.4 Å². The fourth-order valence-electron chi connectivity index (χ4n) is 2.11. The number of halogens is 1. The normalized spacial score (nSPS) is 10.9. The lowest BCUT2D eigenvalue weighted by Crippen LogP contribution is -1.92. The summed E-state index contributed by atoms with van der Waals surface area (Å²) >= 11 is 0. The molecular weight excluding hydrogens is 205 g/mol. The molecule has 0 aliphatic rings. The number of rotatable bonds is 3. The lowest BCUT2D eigenvalue weighted by atomic mass is 10.1. The molecule has 1 aromatic heterocycles. The first-order chi connectivity index (χ1) is 7.63. The number of hydrogen-bond acceptors (Lipinski definition) is 1. The largest absolute Gasteiger partial charge is 0.348 e. The molecule has 1 aromatic carbocycles. The number of nitrogens with zero attached hydrogens (tertiary/aromatic N) is 1. The van der Waals surface area contributed by atoms with Crippen LogP contribution in [0.2, 0.25) is 0 Å². The third-order valence-electron chi connectivity index (χ3n) is 2.84. The molecule has 0 bridgehead atoms. The van der Waals surface area contributed by atoms with Gasteiger partial charge in [-0.3, -0.25) is 0 Å². The molecular formula is C13H14FNO. The third-order valence-corrected chi connectivity index (χ3v) is 2.84. The lowest BCUT2D eigenvalue weighted by molar-refractivity contribution is -0.107. The van der Waals surface area contributed by atoms with Crippen LogP contribution in [0.25, 0.3) is 10.9 Å². The van der Waals surface area contributed by atoms with Gasteiger partial charge in [-0.2, -0.15) is 0 Å². The number of aryl methyl sites for hydroxylation is 3. The predicted molar refractivity (Wildman–Crippen MR) is 62.0 cm³/mol. The highest BCUT2D eigenvalue weighted by atomic mass is 19.1. The van der Waals surface area contributed by atoms with E-state index < -0.39 is 0 Å². The summed E-state index contributed by atoms with van der Waals surface area (Å²) < 4.78 is 15.6. The van der Waals surface area contributed by atoms with E-state index in [-0.39, 0.29) is 5.82 Å². The minimum absolute atomic E-state index is 0.214. The molecule has 0 amide bonds. The molecule has 2 rings (SSSR count). The molecule has 1 heterocycles. The van der Waals surface area contributed by atoms with Crippen molar-refractivity contribution in [3.05, 3.63) is 35.3 Å². The molecule has 16 heavy (non-hydrogen) atoms. The number of benzene rings is 1. The fraction of sp³-hybridized carbons (Fsp3) is 0.308. The number of carbonyl (C=O) groups excluding carboxylic acids is 1. The first-order valence-electron chi connectivity index (χ1n) is 5.31. The molecule has 0 saturated heterocycles. The minimum Gasteiger partial charge on any atom is -0.348 e. The number of carbonyl (C=O) groups is 1. The molecule has 2 nitrogen and oxygen atoms in total. The van der Waals surface area contributed by atoms with Gasteiger partial charge >= 0.3 is 0 Å². The Hall–Kier alpha value is -1.64. The Morgan fingerprint density at radius 2 is 2.19 bits per heavy atom. The highest BCUT2D eigenvalue weighted by Gasteiger charge is 2.09. The predicted octanol–water partition coefficient (Wildman–Crippen LogP) is 2.76. The zero-order valence-electron chi connectivity index (χ0n) is 9.46. The molecule has 0 saturated carbocycles. The Kier molecular flexibility index (Phi) is 2.77. The van der Waals surface area contributed by atoms with Crippen molar-refractivity contribution in [2.75, 3.05) is 0 Å². The van der Waals surface area contributed by atoms with Gasteiger partial charge in [0.2, 0.25) is 0 Å². The summed E-state index contributed by atoms with van der Waals surface area (Å²) in [6.07, 6.45) is 3.82. The highest BCUT2D eigenvalue weighted by Crippen LogP contribution is 2.24. The summed E-state index contributed by atoms with van der Waals surface area (Å²) in [6.45, 7) is 1.96. The average Bonchev–Trinajstić information content (AvgIpc) is 2.52. The molecule has 3 heteroatoms. The van der Waals surface area contributed by atoms with E-state index in [0.717, 1.165) is 22.8 Å². The van der Waals surface area contributed by atoms with Crippen LogP contribution in [0.15, 0.2) is 18.3 Å². The standard InChI is InChI=1S/C13H14FNO/c1-9-8-15(2)13-11(9)6-10(4-3-5-16)7-12(13)14/h5-8H,3-4H2,1-2H3. The first-order valence-corrected chi connectivity index (χ1v) is 5.31. The second kappa shape index (κ2) is 4.08. The Labute approximate surface area is 93.7 Å². The van der Waals surface area contributed by atoms with Crippen LogP contribution in [0, 0.1) is 12.7 Å². The molecule has 0 spiro atoms. The van der Waals surface area contributed by atoms with E-state index >= 15 is 0 Å².